The number of phenolic OH excluding ortho intramolecular Hbond substituents is 1. The molecule has 0 bridgehead atoms. The standard InChI is InChI=1S/C17H13NO6S/c19-16-9-14(25(22,23)24)8-11-7-13(4-5-15(11)16)18-12-3-1-2-10(6-12)17(20)21/h1-9,18-19H,(H,20,21)(H,22,23,24). The summed E-state index contributed by atoms with van der Waals surface area (Å²) >= 11 is 0. The molecule has 0 aliphatic heterocycles. The van der Waals surface area contributed by atoms with Crippen LogP contribution >= 0.6 is 0 Å². The zero-order valence-electron chi connectivity index (χ0n) is 12.7. The second kappa shape index (κ2) is 6.08. The molecule has 3 aromatic rings. The zero-order chi connectivity index (χ0) is 18.2. The third kappa shape index (κ3) is 3.54. The van der Waals surface area contributed by atoms with Gasteiger partial charge in [-0.1, -0.05) is 6.07 Å². The van der Waals surface area contributed by atoms with E-state index in [-0.39, 0.29) is 11.3 Å². The third-order valence-electron chi connectivity index (χ3n) is 3.60. The number of fused-ring (bicyclic) bond motifs is 1. The van der Waals surface area contributed by atoms with E-state index >= 15 is 0 Å². The molecule has 0 aliphatic rings. The third-order valence-corrected chi connectivity index (χ3v) is 4.43. The minimum atomic E-state index is -4.45. The Balaban J connectivity index is 2.03. The number of carbonyl (C=O) groups is 1. The summed E-state index contributed by atoms with van der Waals surface area (Å²) < 4.78 is 31.7. The zero-order valence-corrected chi connectivity index (χ0v) is 13.5. The van der Waals surface area contributed by atoms with Crippen molar-refractivity contribution in [2.24, 2.45) is 0 Å². The van der Waals surface area contributed by atoms with Gasteiger partial charge in [-0.25, -0.2) is 4.79 Å². The topological polar surface area (TPSA) is 124 Å². The molecule has 0 fully saturated rings. The van der Waals surface area contributed by atoms with Gasteiger partial charge >= 0.3 is 5.97 Å². The number of aromatic hydroxyl groups is 1. The fraction of sp³-hybridized carbons (Fsp3) is 0. The lowest BCUT2D eigenvalue weighted by Gasteiger charge is -2.10. The molecule has 0 amide bonds. The number of rotatable bonds is 4. The number of anilines is 2. The van der Waals surface area contributed by atoms with Gasteiger partial charge in [0.2, 0.25) is 0 Å². The number of benzene rings is 3. The minimum Gasteiger partial charge on any atom is -0.507 e. The molecule has 128 valence electrons. The fourth-order valence-electron chi connectivity index (χ4n) is 2.45. The second-order valence-electron chi connectivity index (χ2n) is 5.36. The van der Waals surface area contributed by atoms with Gasteiger partial charge in [-0.2, -0.15) is 8.42 Å². The Bertz CT molecular complexity index is 1090. The van der Waals surface area contributed by atoms with Crippen LogP contribution in [0.15, 0.2) is 59.5 Å². The first-order chi connectivity index (χ1) is 11.7. The maximum Gasteiger partial charge on any atom is 0.335 e. The Morgan fingerprint density at radius 1 is 0.960 bits per heavy atom. The highest BCUT2D eigenvalue weighted by atomic mass is 32.2. The molecule has 0 saturated heterocycles. The summed E-state index contributed by atoms with van der Waals surface area (Å²) in [5.41, 5.74) is 1.22. The molecule has 0 heterocycles. The van der Waals surface area contributed by atoms with Crippen LogP contribution in [0.4, 0.5) is 11.4 Å². The van der Waals surface area contributed by atoms with Crippen LogP contribution in [0, 0.1) is 0 Å². The van der Waals surface area contributed by atoms with Crippen LogP contribution in [0.25, 0.3) is 10.8 Å². The molecule has 0 spiro atoms. The first kappa shape index (κ1) is 16.7. The van der Waals surface area contributed by atoms with Crippen LogP contribution in [-0.4, -0.2) is 29.2 Å². The van der Waals surface area contributed by atoms with E-state index in [0.29, 0.717) is 22.1 Å². The number of aromatic carboxylic acids is 1. The van der Waals surface area contributed by atoms with E-state index in [1.54, 1.807) is 30.3 Å². The molecule has 0 saturated carbocycles. The molecule has 0 aromatic heterocycles. The lowest BCUT2D eigenvalue weighted by molar-refractivity contribution is 0.0697. The Hall–Kier alpha value is -3.10. The molecular formula is C17H13NO6S. The number of phenols is 1. The van der Waals surface area contributed by atoms with E-state index in [2.05, 4.69) is 5.32 Å². The van der Waals surface area contributed by atoms with Gasteiger partial charge in [-0.3, -0.25) is 4.55 Å². The Morgan fingerprint density at radius 3 is 2.36 bits per heavy atom. The second-order valence-corrected chi connectivity index (χ2v) is 6.79. The molecule has 25 heavy (non-hydrogen) atoms. The van der Waals surface area contributed by atoms with Crippen molar-refractivity contribution in [2.75, 3.05) is 5.32 Å². The molecular weight excluding hydrogens is 346 g/mol. The normalized spacial score (nSPS) is 11.4. The predicted octanol–water partition coefficient (Wildman–Crippen LogP) is 3.23. The molecule has 0 aliphatic carbocycles. The van der Waals surface area contributed by atoms with Gasteiger partial charge in [0, 0.05) is 22.8 Å². The molecule has 3 aromatic carbocycles. The highest BCUT2D eigenvalue weighted by molar-refractivity contribution is 7.85. The van der Waals surface area contributed by atoms with Crippen LogP contribution < -0.4 is 5.32 Å². The van der Waals surface area contributed by atoms with Gasteiger partial charge in [0.1, 0.15) is 5.75 Å². The average molecular weight is 359 g/mol. The van der Waals surface area contributed by atoms with Crippen molar-refractivity contribution in [2.45, 2.75) is 4.90 Å². The number of carboxylic acid groups (broad SMARTS) is 1. The van der Waals surface area contributed by atoms with Crippen molar-refractivity contribution in [3.05, 3.63) is 60.2 Å². The smallest absolute Gasteiger partial charge is 0.335 e. The van der Waals surface area contributed by atoms with E-state index in [0.717, 1.165) is 6.07 Å². The summed E-state index contributed by atoms with van der Waals surface area (Å²) in [7, 11) is -4.45. The summed E-state index contributed by atoms with van der Waals surface area (Å²) in [5, 5.41) is 22.8. The quantitative estimate of drug-likeness (QED) is 0.527. The van der Waals surface area contributed by atoms with Gasteiger partial charge in [0.15, 0.2) is 0 Å². The Labute approximate surface area is 142 Å². The molecule has 3 rings (SSSR count). The van der Waals surface area contributed by atoms with Gasteiger partial charge < -0.3 is 15.5 Å². The number of carboxylic acids is 1. The Kier molecular flexibility index (Phi) is 4.07. The van der Waals surface area contributed by atoms with Gasteiger partial charge in [0.25, 0.3) is 10.1 Å². The SMILES string of the molecule is O=C(O)c1cccc(Nc2ccc3c(O)cc(S(=O)(=O)O)cc3c2)c1. The summed E-state index contributed by atoms with van der Waals surface area (Å²) in [4.78, 5) is 10.6. The first-order valence-corrected chi connectivity index (χ1v) is 8.53. The molecule has 4 N–H and O–H groups in total. The molecule has 7 nitrogen and oxygen atoms in total. The van der Waals surface area contributed by atoms with Gasteiger partial charge in [-0.05, 0) is 47.9 Å². The van der Waals surface area contributed by atoms with Crippen LogP contribution in [0.2, 0.25) is 0 Å². The van der Waals surface area contributed by atoms with Crippen molar-refractivity contribution in [3.8, 4) is 5.75 Å². The first-order valence-electron chi connectivity index (χ1n) is 7.09. The highest BCUT2D eigenvalue weighted by Gasteiger charge is 2.13. The van der Waals surface area contributed by atoms with E-state index in [9.17, 15) is 18.3 Å². The monoisotopic (exact) mass is 359 g/mol. The van der Waals surface area contributed by atoms with E-state index < -0.39 is 21.0 Å². The lowest BCUT2D eigenvalue weighted by Crippen LogP contribution is -1.99. The van der Waals surface area contributed by atoms with Crippen LogP contribution in [0.1, 0.15) is 10.4 Å². The molecule has 0 atom stereocenters. The minimum absolute atomic E-state index is 0.122. The highest BCUT2D eigenvalue weighted by Crippen LogP contribution is 2.31. The fourth-order valence-corrected chi connectivity index (χ4v) is 2.98. The Morgan fingerprint density at radius 2 is 1.68 bits per heavy atom. The number of hydrogen-bond donors (Lipinski definition) is 4. The van der Waals surface area contributed by atoms with Crippen LogP contribution in [-0.2, 0) is 10.1 Å². The van der Waals surface area contributed by atoms with Crippen molar-refractivity contribution < 1.29 is 28.0 Å². The molecule has 8 heteroatoms. The van der Waals surface area contributed by atoms with Crippen LogP contribution in [0.5, 0.6) is 5.75 Å². The maximum atomic E-state index is 11.3. The van der Waals surface area contributed by atoms with Crippen molar-refractivity contribution in [1.29, 1.82) is 0 Å². The average Bonchev–Trinajstić information content (AvgIpc) is 2.54. The number of nitrogens with one attached hydrogen (secondary N) is 1. The van der Waals surface area contributed by atoms with E-state index in [1.807, 2.05) is 0 Å². The van der Waals surface area contributed by atoms with Gasteiger partial charge in [-0.15, -0.1) is 0 Å². The van der Waals surface area contributed by atoms with E-state index in [4.69, 9.17) is 9.66 Å². The van der Waals surface area contributed by atoms with Crippen molar-refractivity contribution >= 4 is 38.2 Å². The molecule has 0 radical (unpaired) electrons. The van der Waals surface area contributed by atoms with Crippen molar-refractivity contribution in [1.82, 2.24) is 0 Å². The number of hydrogen-bond acceptors (Lipinski definition) is 5. The summed E-state index contributed by atoms with van der Waals surface area (Å²) in [5.74, 6) is -1.32. The van der Waals surface area contributed by atoms with Crippen LogP contribution in [0.3, 0.4) is 0 Å². The molecule has 0 unspecified atom stereocenters. The van der Waals surface area contributed by atoms with E-state index in [1.165, 1.54) is 18.2 Å². The summed E-state index contributed by atoms with van der Waals surface area (Å²) in [6.45, 7) is 0. The summed E-state index contributed by atoms with van der Waals surface area (Å²) in [6.07, 6.45) is 0. The largest absolute Gasteiger partial charge is 0.507 e. The van der Waals surface area contributed by atoms with Crippen molar-refractivity contribution in [3.63, 3.8) is 0 Å². The lowest BCUT2D eigenvalue weighted by atomic mass is 10.1. The maximum absolute atomic E-state index is 11.3. The predicted molar refractivity (Wildman–Crippen MR) is 92.1 cm³/mol. The summed E-state index contributed by atoms with van der Waals surface area (Å²) in [6, 6.07) is 13.2. The van der Waals surface area contributed by atoms with Gasteiger partial charge in [0.05, 0.1) is 10.5 Å².